The number of hydrogen-bond acceptors (Lipinski definition) is 3. The molecule has 0 fully saturated rings. The molecule has 18 heavy (non-hydrogen) atoms. The summed E-state index contributed by atoms with van der Waals surface area (Å²) in [6.45, 7) is 5.51. The van der Waals surface area contributed by atoms with Crippen LogP contribution in [0.4, 0.5) is 11.4 Å². The number of nitro benzene ring substituents is 1. The average Bonchev–Trinajstić information content (AvgIpc) is 2.31. The first-order valence-electron chi connectivity index (χ1n) is 6.02. The predicted molar refractivity (Wildman–Crippen MR) is 70.5 cm³/mol. The number of carbonyl (C=O) groups is 1. The Labute approximate surface area is 106 Å². The molecule has 1 amide bonds. The van der Waals surface area contributed by atoms with Gasteiger partial charge >= 0.3 is 0 Å². The number of benzene rings is 1. The molecule has 1 rings (SSSR count). The molecule has 98 valence electrons. The lowest BCUT2D eigenvalue weighted by molar-refractivity contribution is -0.385. The van der Waals surface area contributed by atoms with Crippen LogP contribution in [0.3, 0.4) is 0 Å². The Kier molecular flexibility index (Phi) is 4.83. The number of nitrogens with one attached hydrogen (secondary N) is 1. The second-order valence-corrected chi connectivity index (χ2v) is 4.39. The molecule has 0 saturated carbocycles. The van der Waals surface area contributed by atoms with E-state index in [2.05, 4.69) is 5.32 Å². The van der Waals surface area contributed by atoms with Crippen molar-refractivity contribution < 1.29 is 9.72 Å². The molecule has 1 N–H and O–H groups in total. The van der Waals surface area contributed by atoms with Crippen molar-refractivity contribution in [2.24, 2.45) is 5.92 Å². The summed E-state index contributed by atoms with van der Waals surface area (Å²) in [4.78, 5) is 22.2. The van der Waals surface area contributed by atoms with E-state index in [1.54, 1.807) is 19.1 Å². The third kappa shape index (κ3) is 3.29. The number of carbonyl (C=O) groups excluding carboxylic acids is 1. The summed E-state index contributed by atoms with van der Waals surface area (Å²) in [5.74, 6) is -0.186. The number of anilines is 1. The highest BCUT2D eigenvalue weighted by molar-refractivity contribution is 5.93. The summed E-state index contributed by atoms with van der Waals surface area (Å²) in [5, 5.41) is 13.5. The summed E-state index contributed by atoms with van der Waals surface area (Å²) in [5.41, 5.74) is 1.02. The predicted octanol–water partition coefficient (Wildman–Crippen LogP) is 3.28. The number of nitrogens with zero attached hydrogens (tertiary/aromatic N) is 1. The molecular weight excluding hydrogens is 232 g/mol. The highest BCUT2D eigenvalue weighted by atomic mass is 16.6. The lowest BCUT2D eigenvalue weighted by Gasteiger charge is -2.12. The number of rotatable bonds is 5. The fraction of sp³-hybridized carbons (Fsp3) is 0.462. The van der Waals surface area contributed by atoms with Crippen LogP contribution < -0.4 is 5.32 Å². The van der Waals surface area contributed by atoms with Crippen LogP contribution in [-0.4, -0.2) is 10.8 Å². The van der Waals surface area contributed by atoms with E-state index in [1.165, 1.54) is 6.07 Å². The Bertz CT molecular complexity index is 458. The van der Waals surface area contributed by atoms with Crippen LogP contribution in [0.2, 0.25) is 0 Å². The van der Waals surface area contributed by atoms with Gasteiger partial charge in [0.2, 0.25) is 5.91 Å². The molecule has 1 aromatic rings. The fourth-order valence-corrected chi connectivity index (χ4v) is 1.78. The largest absolute Gasteiger partial charge is 0.325 e. The third-order valence-electron chi connectivity index (χ3n) is 2.93. The molecule has 5 nitrogen and oxygen atoms in total. The second-order valence-electron chi connectivity index (χ2n) is 4.39. The van der Waals surface area contributed by atoms with Crippen LogP contribution in [0, 0.1) is 23.0 Å². The van der Waals surface area contributed by atoms with Crippen molar-refractivity contribution in [3.63, 3.8) is 0 Å². The number of nitro groups is 1. The van der Waals surface area contributed by atoms with Crippen molar-refractivity contribution >= 4 is 17.3 Å². The molecule has 0 unspecified atom stereocenters. The standard InChI is InChI=1S/C13H18N2O3/c1-4-6-9(2)13(16)14-11-7-5-8-12(10(11)3)15(17)18/h5,7-9H,4,6H2,1-3H3,(H,14,16)/t9-/m0/s1. The van der Waals surface area contributed by atoms with Crippen molar-refractivity contribution in [2.45, 2.75) is 33.6 Å². The average molecular weight is 250 g/mol. The first kappa shape index (κ1) is 14.2. The van der Waals surface area contributed by atoms with Crippen LogP contribution >= 0.6 is 0 Å². The van der Waals surface area contributed by atoms with E-state index >= 15 is 0 Å². The minimum absolute atomic E-state index is 0.0240. The van der Waals surface area contributed by atoms with Gasteiger partial charge in [-0.1, -0.05) is 26.3 Å². The van der Waals surface area contributed by atoms with Gasteiger partial charge in [-0.05, 0) is 19.4 Å². The Hall–Kier alpha value is -1.91. The first-order chi connectivity index (χ1) is 8.47. The molecule has 0 aromatic heterocycles. The molecule has 0 saturated heterocycles. The molecule has 0 aliphatic heterocycles. The summed E-state index contributed by atoms with van der Waals surface area (Å²) in [6.07, 6.45) is 1.74. The van der Waals surface area contributed by atoms with Gasteiger partial charge in [-0.3, -0.25) is 14.9 Å². The smallest absolute Gasteiger partial charge is 0.274 e. The maximum atomic E-state index is 11.9. The molecule has 0 radical (unpaired) electrons. The molecule has 1 atom stereocenters. The van der Waals surface area contributed by atoms with Gasteiger partial charge in [0.15, 0.2) is 0 Å². The van der Waals surface area contributed by atoms with Crippen molar-refractivity contribution in [1.29, 1.82) is 0 Å². The van der Waals surface area contributed by atoms with Crippen LogP contribution in [0.5, 0.6) is 0 Å². The highest BCUT2D eigenvalue weighted by Gasteiger charge is 2.17. The molecule has 0 spiro atoms. The quantitative estimate of drug-likeness (QED) is 0.643. The number of hydrogen-bond donors (Lipinski definition) is 1. The molecule has 0 aliphatic rings. The Morgan fingerprint density at radius 2 is 2.17 bits per heavy atom. The Morgan fingerprint density at radius 1 is 1.50 bits per heavy atom. The van der Waals surface area contributed by atoms with Gasteiger partial charge < -0.3 is 5.32 Å². The van der Waals surface area contributed by atoms with E-state index in [4.69, 9.17) is 0 Å². The van der Waals surface area contributed by atoms with E-state index in [9.17, 15) is 14.9 Å². The van der Waals surface area contributed by atoms with Crippen LogP contribution in [-0.2, 0) is 4.79 Å². The SMILES string of the molecule is CCC[C@H](C)C(=O)Nc1cccc([N+](=O)[O-])c1C. The van der Waals surface area contributed by atoms with Crippen molar-refractivity contribution in [3.05, 3.63) is 33.9 Å². The van der Waals surface area contributed by atoms with Gasteiger partial charge in [0, 0.05) is 12.0 Å². The lowest BCUT2D eigenvalue weighted by atomic mass is 10.0. The molecule has 5 heteroatoms. The van der Waals surface area contributed by atoms with Gasteiger partial charge in [-0.25, -0.2) is 0 Å². The summed E-state index contributed by atoms with van der Waals surface area (Å²) >= 11 is 0. The highest BCUT2D eigenvalue weighted by Crippen LogP contribution is 2.25. The zero-order valence-corrected chi connectivity index (χ0v) is 10.9. The maximum absolute atomic E-state index is 11.9. The summed E-state index contributed by atoms with van der Waals surface area (Å²) in [6, 6.07) is 4.69. The normalized spacial score (nSPS) is 11.9. The van der Waals surface area contributed by atoms with Crippen molar-refractivity contribution in [3.8, 4) is 0 Å². The van der Waals surface area contributed by atoms with Crippen LogP contribution in [0.1, 0.15) is 32.3 Å². The van der Waals surface area contributed by atoms with Gasteiger partial charge in [0.25, 0.3) is 5.69 Å². The van der Waals surface area contributed by atoms with Gasteiger partial charge in [-0.2, -0.15) is 0 Å². The number of amides is 1. The van der Waals surface area contributed by atoms with Crippen molar-refractivity contribution in [1.82, 2.24) is 0 Å². The Balaban J connectivity index is 2.88. The first-order valence-corrected chi connectivity index (χ1v) is 6.02. The topological polar surface area (TPSA) is 72.2 Å². The Morgan fingerprint density at radius 3 is 2.72 bits per heavy atom. The van der Waals surface area contributed by atoms with Crippen molar-refractivity contribution in [2.75, 3.05) is 5.32 Å². The molecule has 0 aliphatic carbocycles. The molecule has 0 bridgehead atoms. The minimum Gasteiger partial charge on any atom is -0.325 e. The minimum atomic E-state index is -0.444. The van der Waals surface area contributed by atoms with E-state index < -0.39 is 4.92 Å². The van der Waals surface area contributed by atoms with Gasteiger partial charge in [0.05, 0.1) is 16.2 Å². The summed E-state index contributed by atoms with van der Waals surface area (Å²) in [7, 11) is 0. The van der Waals surface area contributed by atoms with Crippen LogP contribution in [0.15, 0.2) is 18.2 Å². The van der Waals surface area contributed by atoms with E-state index in [1.807, 2.05) is 13.8 Å². The van der Waals surface area contributed by atoms with E-state index in [-0.39, 0.29) is 17.5 Å². The molecule has 1 aromatic carbocycles. The monoisotopic (exact) mass is 250 g/mol. The third-order valence-corrected chi connectivity index (χ3v) is 2.93. The zero-order chi connectivity index (χ0) is 13.7. The lowest BCUT2D eigenvalue weighted by Crippen LogP contribution is -2.20. The molecule has 0 heterocycles. The summed E-state index contributed by atoms with van der Waals surface area (Å²) < 4.78 is 0. The van der Waals surface area contributed by atoms with E-state index in [0.717, 1.165) is 12.8 Å². The van der Waals surface area contributed by atoms with E-state index in [0.29, 0.717) is 11.3 Å². The van der Waals surface area contributed by atoms with Crippen LogP contribution in [0.25, 0.3) is 0 Å². The zero-order valence-electron chi connectivity index (χ0n) is 10.9. The maximum Gasteiger partial charge on any atom is 0.274 e. The molecular formula is C13H18N2O3. The second kappa shape index (κ2) is 6.14. The van der Waals surface area contributed by atoms with Gasteiger partial charge in [-0.15, -0.1) is 0 Å². The fourth-order valence-electron chi connectivity index (χ4n) is 1.78. The van der Waals surface area contributed by atoms with Gasteiger partial charge in [0.1, 0.15) is 0 Å².